The summed E-state index contributed by atoms with van der Waals surface area (Å²) in [5.41, 5.74) is 1.73. The molecule has 2 unspecified atom stereocenters. The Kier molecular flexibility index (Phi) is 9.62. The summed E-state index contributed by atoms with van der Waals surface area (Å²) in [6.07, 6.45) is 1.97. The number of carbonyl (C=O) groups is 2. The molecule has 0 aliphatic carbocycles. The van der Waals surface area contributed by atoms with E-state index in [9.17, 15) is 9.59 Å². The minimum atomic E-state index is -0.535. The molecule has 0 spiro atoms. The summed E-state index contributed by atoms with van der Waals surface area (Å²) >= 11 is 1.55. The molecule has 2 N–H and O–H groups in total. The summed E-state index contributed by atoms with van der Waals surface area (Å²) in [6.45, 7) is 16.6. The summed E-state index contributed by atoms with van der Waals surface area (Å²) in [4.78, 5) is 27.6. The van der Waals surface area contributed by atoms with Crippen LogP contribution in [0.3, 0.4) is 0 Å². The highest BCUT2D eigenvalue weighted by Gasteiger charge is 2.27. The van der Waals surface area contributed by atoms with Gasteiger partial charge in [0.15, 0.2) is 0 Å². The number of hydrogen-bond acceptors (Lipinski definition) is 5. The first-order valence-corrected chi connectivity index (χ1v) is 11.3. The van der Waals surface area contributed by atoms with Crippen LogP contribution in [0.2, 0.25) is 0 Å². The fourth-order valence-corrected chi connectivity index (χ4v) is 4.31. The second-order valence-corrected chi connectivity index (χ2v) is 9.63. The second kappa shape index (κ2) is 11.0. The molecule has 0 aliphatic heterocycles. The third-order valence-electron chi connectivity index (χ3n) is 5.01. The van der Waals surface area contributed by atoms with Gasteiger partial charge in [0.1, 0.15) is 5.60 Å². The molecule has 1 aromatic rings. The lowest BCUT2D eigenvalue weighted by atomic mass is 10.0. The van der Waals surface area contributed by atoms with Crippen molar-refractivity contribution >= 4 is 28.3 Å². The van der Waals surface area contributed by atoms with E-state index in [-0.39, 0.29) is 18.0 Å². The summed E-state index contributed by atoms with van der Waals surface area (Å²) in [7, 11) is 1.76. The molecule has 0 fully saturated rings. The van der Waals surface area contributed by atoms with Crippen molar-refractivity contribution in [2.75, 3.05) is 18.9 Å². The number of thiophene rings is 1. The molecule has 0 aromatic carbocycles. The second-order valence-electron chi connectivity index (χ2n) is 8.58. The smallest absolute Gasteiger partial charge is 0.410 e. The lowest BCUT2D eigenvalue weighted by molar-refractivity contribution is -0.116. The van der Waals surface area contributed by atoms with Gasteiger partial charge in [0.05, 0.1) is 11.0 Å². The third-order valence-corrected chi connectivity index (χ3v) is 6.43. The largest absolute Gasteiger partial charge is 0.444 e. The standard InChI is InChI=1S/C22H39N3O3S/c1-10-14(3)23-13-12-18(26)24-20-15(4)17(11-2)19(29-20)16(5)25(9)21(27)28-22(6,7)8/h14,16,23H,10-13H2,1-9H3,(H,24,26). The van der Waals surface area contributed by atoms with Gasteiger partial charge in [0.2, 0.25) is 5.91 Å². The molecular formula is C22H39N3O3S. The Balaban J connectivity index is 2.90. The molecule has 1 aromatic heterocycles. The van der Waals surface area contributed by atoms with E-state index in [0.29, 0.717) is 19.0 Å². The average Bonchev–Trinajstić information content (AvgIpc) is 2.94. The zero-order valence-corrected chi connectivity index (χ0v) is 20.4. The first-order valence-electron chi connectivity index (χ1n) is 10.5. The highest BCUT2D eigenvalue weighted by Crippen LogP contribution is 2.39. The Labute approximate surface area is 180 Å². The van der Waals surface area contributed by atoms with Crippen LogP contribution in [0, 0.1) is 6.92 Å². The number of hydrogen-bond donors (Lipinski definition) is 2. The normalized spacial score (nSPS) is 13.7. The van der Waals surface area contributed by atoms with E-state index in [4.69, 9.17) is 4.74 Å². The fourth-order valence-electron chi connectivity index (χ4n) is 2.90. The predicted octanol–water partition coefficient (Wildman–Crippen LogP) is 5.26. The molecule has 0 radical (unpaired) electrons. The number of rotatable bonds is 9. The molecule has 2 amide bonds. The molecule has 0 saturated heterocycles. The predicted molar refractivity (Wildman–Crippen MR) is 122 cm³/mol. The van der Waals surface area contributed by atoms with Crippen LogP contribution in [0.4, 0.5) is 9.80 Å². The Hall–Kier alpha value is -1.60. The van der Waals surface area contributed by atoms with Crippen LogP contribution in [0.25, 0.3) is 0 Å². The van der Waals surface area contributed by atoms with E-state index in [1.54, 1.807) is 23.3 Å². The molecule has 2 atom stereocenters. The monoisotopic (exact) mass is 425 g/mol. The van der Waals surface area contributed by atoms with Crippen LogP contribution in [0.5, 0.6) is 0 Å². The minimum Gasteiger partial charge on any atom is -0.444 e. The molecule has 166 valence electrons. The van der Waals surface area contributed by atoms with Crippen molar-refractivity contribution < 1.29 is 14.3 Å². The molecular weight excluding hydrogens is 386 g/mol. The van der Waals surface area contributed by atoms with Gasteiger partial charge in [-0.2, -0.15) is 0 Å². The molecule has 0 bridgehead atoms. The minimum absolute atomic E-state index is 0.00695. The van der Waals surface area contributed by atoms with Crippen LogP contribution in [-0.2, 0) is 16.0 Å². The van der Waals surface area contributed by atoms with E-state index >= 15 is 0 Å². The van der Waals surface area contributed by atoms with Crippen molar-refractivity contribution in [1.29, 1.82) is 0 Å². The number of amides is 2. The van der Waals surface area contributed by atoms with Crippen molar-refractivity contribution in [1.82, 2.24) is 10.2 Å². The number of nitrogens with one attached hydrogen (secondary N) is 2. The van der Waals surface area contributed by atoms with Crippen LogP contribution in [-0.4, -0.2) is 42.1 Å². The van der Waals surface area contributed by atoms with Gasteiger partial charge in [-0.05, 0) is 65.5 Å². The number of carbonyl (C=O) groups excluding carboxylic acids is 2. The third kappa shape index (κ3) is 7.63. The van der Waals surface area contributed by atoms with Gasteiger partial charge < -0.3 is 20.3 Å². The summed E-state index contributed by atoms with van der Waals surface area (Å²) < 4.78 is 5.50. The molecule has 29 heavy (non-hydrogen) atoms. The first-order chi connectivity index (χ1) is 13.4. The maximum Gasteiger partial charge on any atom is 0.410 e. The van der Waals surface area contributed by atoms with E-state index in [1.807, 2.05) is 34.6 Å². The molecule has 1 heterocycles. The van der Waals surface area contributed by atoms with E-state index in [0.717, 1.165) is 28.3 Å². The summed E-state index contributed by atoms with van der Waals surface area (Å²) in [6, 6.07) is 0.273. The Morgan fingerprint density at radius 1 is 1.21 bits per heavy atom. The molecule has 7 heteroatoms. The number of nitrogens with zero attached hydrogens (tertiary/aromatic N) is 1. The quantitative estimate of drug-likeness (QED) is 0.566. The zero-order chi connectivity index (χ0) is 22.4. The Morgan fingerprint density at radius 2 is 1.83 bits per heavy atom. The SMILES string of the molecule is CCc1c(C(C)N(C)C(=O)OC(C)(C)C)sc(NC(=O)CCNC(C)CC)c1C. The van der Waals surface area contributed by atoms with Crippen LogP contribution in [0.15, 0.2) is 0 Å². The van der Waals surface area contributed by atoms with Crippen LogP contribution >= 0.6 is 11.3 Å². The van der Waals surface area contributed by atoms with Gasteiger partial charge in [-0.1, -0.05) is 13.8 Å². The van der Waals surface area contributed by atoms with Crippen molar-refractivity contribution in [2.45, 2.75) is 92.3 Å². The summed E-state index contributed by atoms with van der Waals surface area (Å²) in [5, 5.41) is 7.27. The van der Waals surface area contributed by atoms with Gasteiger partial charge in [0.25, 0.3) is 0 Å². The van der Waals surface area contributed by atoms with E-state index < -0.39 is 5.60 Å². The van der Waals surface area contributed by atoms with Gasteiger partial charge in [0, 0.05) is 30.9 Å². The number of anilines is 1. The zero-order valence-electron chi connectivity index (χ0n) is 19.6. The van der Waals surface area contributed by atoms with E-state index in [1.165, 1.54) is 5.56 Å². The van der Waals surface area contributed by atoms with Crippen molar-refractivity contribution in [3.05, 3.63) is 16.0 Å². The van der Waals surface area contributed by atoms with Gasteiger partial charge in [-0.15, -0.1) is 11.3 Å². The van der Waals surface area contributed by atoms with Gasteiger partial charge >= 0.3 is 6.09 Å². The molecule has 0 saturated carbocycles. The number of ether oxygens (including phenoxy) is 1. The molecule has 1 rings (SSSR count). The van der Waals surface area contributed by atoms with Crippen molar-refractivity contribution in [3.63, 3.8) is 0 Å². The molecule has 0 aliphatic rings. The van der Waals surface area contributed by atoms with Crippen LogP contribution in [0.1, 0.15) is 83.4 Å². The summed E-state index contributed by atoms with van der Waals surface area (Å²) in [5.74, 6) is 0.00695. The van der Waals surface area contributed by atoms with Crippen LogP contribution < -0.4 is 10.6 Å². The average molecular weight is 426 g/mol. The van der Waals surface area contributed by atoms with E-state index in [2.05, 4.69) is 31.4 Å². The Bertz CT molecular complexity index is 694. The Morgan fingerprint density at radius 3 is 2.34 bits per heavy atom. The maximum absolute atomic E-state index is 12.5. The highest BCUT2D eigenvalue weighted by molar-refractivity contribution is 7.16. The first kappa shape index (κ1) is 25.4. The van der Waals surface area contributed by atoms with Crippen molar-refractivity contribution in [2.24, 2.45) is 0 Å². The lowest BCUT2D eigenvalue weighted by Crippen LogP contribution is -2.35. The van der Waals surface area contributed by atoms with Gasteiger partial charge in [-0.25, -0.2) is 4.79 Å². The topological polar surface area (TPSA) is 70.7 Å². The maximum atomic E-state index is 12.5. The van der Waals surface area contributed by atoms with Crippen molar-refractivity contribution in [3.8, 4) is 0 Å². The molecule has 6 nitrogen and oxygen atoms in total. The lowest BCUT2D eigenvalue weighted by Gasteiger charge is -2.28. The highest BCUT2D eigenvalue weighted by atomic mass is 32.1. The van der Waals surface area contributed by atoms with Gasteiger partial charge in [-0.3, -0.25) is 4.79 Å². The fraction of sp³-hybridized carbons (Fsp3) is 0.727.